The topological polar surface area (TPSA) is 206 Å². The summed E-state index contributed by atoms with van der Waals surface area (Å²) < 4.78 is 28.8. The number of nitrogens with zero attached hydrogens (tertiary/aromatic N) is 2. The highest BCUT2D eigenvalue weighted by atomic mass is 35.5. The summed E-state index contributed by atoms with van der Waals surface area (Å²) in [5.41, 5.74) is 5.38. The number of amides is 3. The lowest BCUT2D eigenvalue weighted by Crippen LogP contribution is -2.61. The number of aliphatic hydroxyl groups is 1. The second-order valence-electron chi connectivity index (χ2n) is 14.8. The lowest BCUT2D eigenvalue weighted by atomic mass is 9.81. The quantitative estimate of drug-likeness (QED) is 0.131. The first-order valence-electron chi connectivity index (χ1n) is 18.1. The number of anilines is 2. The average Bonchev–Trinajstić information content (AvgIpc) is 3.86. The van der Waals surface area contributed by atoms with Crippen molar-refractivity contribution in [2.45, 2.75) is 82.6 Å². The SMILES string of the molecule is COc1cc(C(=O)N(C)[C@@H](C)C(=O)O[C@H]2CC(=O)N(C)c3cc(cc(OC)c3Cl)C/C(C)=C/C=C/[C@@H](C=N)[C@@]3(O)C[C@H](OC(=O)N3)[C@@H](C)[C@@H]3O[C@@]23C)ccc1N. The predicted molar refractivity (Wildman–Crippen MR) is 209 cm³/mol. The molecule has 2 saturated heterocycles. The van der Waals surface area contributed by atoms with Crippen molar-refractivity contribution in [3.8, 4) is 11.5 Å². The van der Waals surface area contributed by atoms with E-state index in [2.05, 4.69) is 5.32 Å². The van der Waals surface area contributed by atoms with Crippen LogP contribution in [0, 0.1) is 17.2 Å². The van der Waals surface area contributed by atoms with Crippen molar-refractivity contribution in [2.75, 3.05) is 38.9 Å². The summed E-state index contributed by atoms with van der Waals surface area (Å²) in [5, 5.41) is 22.5. The molecule has 3 heterocycles. The van der Waals surface area contributed by atoms with Gasteiger partial charge in [0.1, 0.15) is 40.4 Å². The van der Waals surface area contributed by atoms with Crippen molar-refractivity contribution >= 4 is 53.1 Å². The molecular formula is C40H50ClN5O10. The van der Waals surface area contributed by atoms with Crippen LogP contribution in [-0.4, -0.2) is 104 Å². The number of allylic oxidation sites excluding steroid dienone is 3. The van der Waals surface area contributed by atoms with E-state index < -0.39 is 71.4 Å². The van der Waals surface area contributed by atoms with E-state index in [-0.39, 0.29) is 23.4 Å². The third-order valence-electron chi connectivity index (χ3n) is 11.0. The van der Waals surface area contributed by atoms with E-state index in [1.54, 1.807) is 45.2 Å². The Morgan fingerprint density at radius 3 is 2.55 bits per heavy atom. The van der Waals surface area contributed by atoms with Gasteiger partial charge in [-0.05, 0) is 63.1 Å². The molecule has 2 aromatic rings. The fourth-order valence-corrected chi connectivity index (χ4v) is 7.51. The fraction of sp³-hybridized carbons (Fsp3) is 0.475. The third kappa shape index (κ3) is 8.49. The Kier molecular flexibility index (Phi) is 12.4. The largest absolute Gasteiger partial charge is 0.495 e. The Hall–Kier alpha value is -5.12. The number of rotatable bonds is 7. The number of hydrogen-bond donors (Lipinski definition) is 4. The van der Waals surface area contributed by atoms with E-state index in [9.17, 15) is 24.3 Å². The molecule has 0 saturated carbocycles. The van der Waals surface area contributed by atoms with Crippen LogP contribution in [0.25, 0.3) is 0 Å². The number of carbonyl (C=O) groups excluding carboxylic acids is 4. The maximum Gasteiger partial charge on any atom is 0.409 e. The van der Waals surface area contributed by atoms with Crippen molar-refractivity contribution in [1.82, 2.24) is 10.2 Å². The molecule has 8 atom stereocenters. The second kappa shape index (κ2) is 16.5. The molecule has 4 bridgehead atoms. The molecule has 5 rings (SSSR count). The van der Waals surface area contributed by atoms with Crippen LogP contribution in [0.15, 0.2) is 54.1 Å². The van der Waals surface area contributed by atoms with Crippen LogP contribution in [0.1, 0.15) is 56.5 Å². The number of alkyl carbamates (subject to hydrolysis) is 1. The monoisotopic (exact) mass is 795 g/mol. The Morgan fingerprint density at radius 1 is 1.20 bits per heavy atom. The Bertz CT molecular complexity index is 1960. The first-order chi connectivity index (χ1) is 26.4. The molecule has 0 aliphatic carbocycles. The van der Waals surface area contributed by atoms with Gasteiger partial charge < -0.3 is 49.7 Å². The van der Waals surface area contributed by atoms with Crippen molar-refractivity contribution in [1.29, 1.82) is 5.41 Å². The molecule has 0 spiro atoms. The average molecular weight is 796 g/mol. The minimum absolute atomic E-state index is 0.0982. The molecule has 0 unspecified atom stereocenters. The molecule has 2 fully saturated rings. The Morgan fingerprint density at radius 2 is 1.89 bits per heavy atom. The van der Waals surface area contributed by atoms with Crippen LogP contribution < -0.4 is 25.4 Å². The van der Waals surface area contributed by atoms with E-state index in [0.29, 0.717) is 29.3 Å². The molecule has 5 N–H and O–H groups in total. The van der Waals surface area contributed by atoms with E-state index in [4.69, 9.17) is 46.4 Å². The van der Waals surface area contributed by atoms with Gasteiger partial charge in [0, 0.05) is 38.2 Å². The normalized spacial score (nSPS) is 29.9. The van der Waals surface area contributed by atoms with Crippen LogP contribution >= 0.6 is 11.6 Å². The highest BCUT2D eigenvalue weighted by Crippen LogP contribution is 2.49. The zero-order chi connectivity index (χ0) is 41.3. The number of benzene rings is 2. The van der Waals surface area contributed by atoms with Gasteiger partial charge in [-0.3, -0.25) is 14.9 Å². The zero-order valence-corrected chi connectivity index (χ0v) is 33.5. The summed E-state index contributed by atoms with van der Waals surface area (Å²) in [7, 11) is 5.90. The van der Waals surface area contributed by atoms with Gasteiger partial charge in [0.05, 0.1) is 44.0 Å². The van der Waals surface area contributed by atoms with Gasteiger partial charge in [0.25, 0.3) is 5.91 Å². The van der Waals surface area contributed by atoms with E-state index in [0.717, 1.165) is 17.4 Å². The number of likely N-dealkylation sites (N-methyl/N-ethyl adjacent to an activating group) is 1. The Labute approximate surface area is 331 Å². The molecule has 3 aliphatic rings. The molecule has 16 heteroatoms. The minimum Gasteiger partial charge on any atom is -0.495 e. The van der Waals surface area contributed by atoms with Crippen LogP contribution in [0.4, 0.5) is 16.2 Å². The Balaban J connectivity index is 1.52. The van der Waals surface area contributed by atoms with Crippen LogP contribution in [0.5, 0.6) is 11.5 Å². The molecule has 56 heavy (non-hydrogen) atoms. The number of ether oxygens (including phenoxy) is 5. The number of fused-ring (bicyclic) bond motifs is 5. The maximum atomic E-state index is 14.2. The van der Waals surface area contributed by atoms with Crippen molar-refractivity contribution in [3.05, 3.63) is 70.3 Å². The molecule has 3 aliphatic heterocycles. The van der Waals surface area contributed by atoms with Crippen LogP contribution in [0.2, 0.25) is 5.02 Å². The number of esters is 1. The summed E-state index contributed by atoms with van der Waals surface area (Å²) >= 11 is 6.77. The number of nitrogen functional groups attached to an aromatic ring is 1. The smallest absolute Gasteiger partial charge is 0.409 e. The van der Waals surface area contributed by atoms with Gasteiger partial charge in [0.2, 0.25) is 5.91 Å². The molecule has 302 valence electrons. The first-order valence-corrected chi connectivity index (χ1v) is 18.5. The number of carbonyl (C=O) groups is 4. The van der Waals surface area contributed by atoms with E-state index in [1.807, 2.05) is 13.0 Å². The summed E-state index contributed by atoms with van der Waals surface area (Å²) in [4.78, 5) is 57.1. The first kappa shape index (κ1) is 42.0. The second-order valence-corrected chi connectivity index (χ2v) is 15.2. The number of hydrogen-bond acceptors (Lipinski definition) is 12. The number of nitrogens with one attached hydrogen (secondary N) is 2. The van der Waals surface area contributed by atoms with E-state index >= 15 is 0 Å². The summed E-state index contributed by atoms with van der Waals surface area (Å²) in [6, 6.07) is 6.94. The molecule has 15 nitrogen and oxygen atoms in total. The highest BCUT2D eigenvalue weighted by Gasteiger charge is 2.64. The van der Waals surface area contributed by atoms with Crippen molar-refractivity contribution in [3.63, 3.8) is 0 Å². The molecule has 3 amide bonds. The predicted octanol–water partition coefficient (Wildman–Crippen LogP) is 4.67. The summed E-state index contributed by atoms with van der Waals surface area (Å²) in [6.45, 7) is 6.85. The molecular weight excluding hydrogens is 746 g/mol. The van der Waals surface area contributed by atoms with Gasteiger partial charge in [-0.25, -0.2) is 9.59 Å². The fourth-order valence-electron chi connectivity index (χ4n) is 7.20. The van der Waals surface area contributed by atoms with Gasteiger partial charge in [0.15, 0.2) is 5.72 Å². The van der Waals surface area contributed by atoms with Gasteiger partial charge >= 0.3 is 12.1 Å². The molecule has 2 aromatic carbocycles. The highest BCUT2D eigenvalue weighted by molar-refractivity contribution is 6.35. The van der Waals surface area contributed by atoms with Gasteiger partial charge in [-0.15, -0.1) is 0 Å². The van der Waals surface area contributed by atoms with Crippen LogP contribution in [-0.2, 0) is 30.2 Å². The minimum atomic E-state index is -1.87. The lowest BCUT2D eigenvalue weighted by Gasteiger charge is -2.41. The van der Waals surface area contributed by atoms with Crippen LogP contribution in [0.3, 0.4) is 0 Å². The van der Waals surface area contributed by atoms with E-state index in [1.165, 1.54) is 56.2 Å². The van der Waals surface area contributed by atoms with Crippen molar-refractivity contribution < 1.29 is 48.0 Å². The zero-order valence-electron chi connectivity index (χ0n) is 32.8. The molecule has 0 aromatic heterocycles. The number of halogens is 1. The van der Waals surface area contributed by atoms with Gasteiger partial charge in [-0.2, -0.15) is 0 Å². The summed E-state index contributed by atoms with van der Waals surface area (Å²) in [6.07, 6.45) is 2.49. The van der Waals surface area contributed by atoms with Crippen molar-refractivity contribution in [2.24, 2.45) is 11.8 Å². The number of epoxide rings is 1. The standard InChI is InChI=1S/C40H50ClN5O10/c1-21-10-9-11-26(20-42)40(51)19-31(54-38(50)44-40)22(2)35-39(4,56-35)32(18-33(47)46(6)28-15-24(14-21)16-30(53-8)34(28)41)55-37(49)23(3)45(5)36(48)25-12-13-27(43)29(17-25)52-7/h9-13,15-17,20,22-23,26,31-32,35,42,51H,14,18-19,43H2,1-8H3,(H,44,50)/b11-9+,21-10+,42-20?/t22-,23+,26+,31+,32+,35+,39+,40+/m1/s1. The maximum absolute atomic E-state index is 14.2. The molecule has 0 radical (unpaired) electrons. The summed E-state index contributed by atoms with van der Waals surface area (Å²) in [5.74, 6) is -2.64. The number of methoxy groups -OCH3 is 2. The third-order valence-corrected chi connectivity index (χ3v) is 11.4. The lowest BCUT2D eigenvalue weighted by molar-refractivity contribution is -0.158. The van der Waals surface area contributed by atoms with Gasteiger partial charge in [-0.1, -0.05) is 42.3 Å². The number of nitrogens with two attached hydrogens (primary N) is 1.